The van der Waals surface area contributed by atoms with Crippen molar-refractivity contribution in [3.05, 3.63) is 24.0 Å². The predicted molar refractivity (Wildman–Crippen MR) is 75.8 cm³/mol. The maximum Gasteiger partial charge on any atom is 0.0569 e. The van der Waals surface area contributed by atoms with Crippen LogP contribution in [-0.4, -0.2) is 43.1 Å². The lowest BCUT2D eigenvalue weighted by Gasteiger charge is -2.23. The normalized spacial score (nSPS) is 17.9. The fourth-order valence-electron chi connectivity index (χ4n) is 2.32. The Labute approximate surface area is 110 Å². The number of hydrogen-bond acceptors (Lipinski definition) is 4. The van der Waals surface area contributed by atoms with Gasteiger partial charge in [0.15, 0.2) is 0 Å². The van der Waals surface area contributed by atoms with E-state index in [0.717, 1.165) is 18.8 Å². The third-order valence-corrected chi connectivity index (χ3v) is 3.63. The first-order valence-electron chi connectivity index (χ1n) is 6.82. The minimum atomic E-state index is 0.00829. The molecule has 1 atom stereocenters. The zero-order chi connectivity index (χ0) is 13.0. The molecule has 0 bridgehead atoms. The Balaban J connectivity index is 1.85. The summed E-state index contributed by atoms with van der Waals surface area (Å²) in [6, 6.07) is 4.14. The number of nitrogens with zero attached hydrogens (tertiary/aromatic N) is 3. The number of likely N-dealkylation sites (tertiary alicyclic amines) is 1. The van der Waals surface area contributed by atoms with Gasteiger partial charge in [-0.25, -0.2) is 0 Å². The van der Waals surface area contributed by atoms with Crippen molar-refractivity contribution in [1.82, 2.24) is 9.88 Å². The largest absolute Gasteiger partial charge is 0.372 e. The zero-order valence-electron chi connectivity index (χ0n) is 11.5. The summed E-state index contributed by atoms with van der Waals surface area (Å²) < 4.78 is 0. The predicted octanol–water partition coefficient (Wildman–Crippen LogP) is 1.63. The van der Waals surface area contributed by atoms with Gasteiger partial charge in [-0.05, 0) is 45.0 Å². The van der Waals surface area contributed by atoms with E-state index in [4.69, 9.17) is 5.73 Å². The Morgan fingerprint density at radius 1 is 1.39 bits per heavy atom. The Hall–Kier alpha value is -1.13. The molecule has 4 nitrogen and oxygen atoms in total. The quantitative estimate of drug-likeness (QED) is 0.860. The van der Waals surface area contributed by atoms with Gasteiger partial charge in [-0.1, -0.05) is 0 Å². The second kappa shape index (κ2) is 6.16. The average Bonchev–Trinajstić information content (AvgIpc) is 2.89. The fourth-order valence-corrected chi connectivity index (χ4v) is 2.32. The van der Waals surface area contributed by atoms with Gasteiger partial charge in [0, 0.05) is 26.2 Å². The number of anilines is 1. The van der Waals surface area contributed by atoms with Crippen LogP contribution in [0.5, 0.6) is 0 Å². The molecule has 2 N–H and O–H groups in total. The van der Waals surface area contributed by atoms with Gasteiger partial charge in [0.1, 0.15) is 0 Å². The lowest BCUT2D eigenvalue weighted by atomic mass is 10.2. The standard InChI is InChI=1S/C14H24N4/c1-12(15)14-6-5-13(11-16-14)17(2)9-10-18-7-3-4-8-18/h5-6,11-12H,3-4,7-10,15H2,1-2H3/t12-/m0/s1. The first-order chi connectivity index (χ1) is 8.66. The SMILES string of the molecule is C[C@H](N)c1ccc(N(C)CCN2CCCC2)cn1. The fraction of sp³-hybridized carbons (Fsp3) is 0.643. The van der Waals surface area contributed by atoms with Crippen molar-refractivity contribution in [2.45, 2.75) is 25.8 Å². The molecular formula is C14H24N4. The first-order valence-corrected chi connectivity index (χ1v) is 6.82. The Bertz CT molecular complexity index is 355. The molecule has 1 aliphatic rings. The van der Waals surface area contributed by atoms with E-state index in [2.05, 4.69) is 27.9 Å². The molecule has 100 valence electrons. The van der Waals surface area contributed by atoms with Crippen LogP contribution < -0.4 is 10.6 Å². The molecule has 1 aromatic rings. The Morgan fingerprint density at radius 3 is 2.67 bits per heavy atom. The number of nitrogens with two attached hydrogens (primary N) is 1. The van der Waals surface area contributed by atoms with Gasteiger partial charge < -0.3 is 15.5 Å². The maximum atomic E-state index is 5.80. The van der Waals surface area contributed by atoms with Gasteiger partial charge in [-0.3, -0.25) is 4.98 Å². The van der Waals surface area contributed by atoms with Crippen molar-refractivity contribution >= 4 is 5.69 Å². The van der Waals surface area contributed by atoms with Crippen molar-refractivity contribution < 1.29 is 0 Å². The summed E-state index contributed by atoms with van der Waals surface area (Å²) in [5.41, 5.74) is 7.91. The number of likely N-dealkylation sites (N-methyl/N-ethyl adjacent to an activating group) is 1. The van der Waals surface area contributed by atoms with E-state index in [1.165, 1.54) is 31.6 Å². The van der Waals surface area contributed by atoms with E-state index in [9.17, 15) is 0 Å². The maximum absolute atomic E-state index is 5.80. The molecule has 0 spiro atoms. The summed E-state index contributed by atoms with van der Waals surface area (Å²) in [6.07, 6.45) is 4.63. The van der Waals surface area contributed by atoms with Crippen molar-refractivity contribution in [2.24, 2.45) is 5.73 Å². The molecule has 1 saturated heterocycles. The summed E-state index contributed by atoms with van der Waals surface area (Å²) >= 11 is 0. The van der Waals surface area contributed by atoms with Gasteiger partial charge in [-0.15, -0.1) is 0 Å². The molecule has 0 radical (unpaired) electrons. The molecule has 0 unspecified atom stereocenters. The summed E-state index contributed by atoms with van der Waals surface area (Å²) in [4.78, 5) is 9.19. The van der Waals surface area contributed by atoms with Crippen LogP contribution in [0.15, 0.2) is 18.3 Å². The number of hydrogen-bond donors (Lipinski definition) is 1. The van der Waals surface area contributed by atoms with Crippen molar-refractivity contribution in [3.8, 4) is 0 Å². The van der Waals surface area contributed by atoms with E-state index >= 15 is 0 Å². The summed E-state index contributed by atoms with van der Waals surface area (Å²) in [5, 5.41) is 0. The second-order valence-corrected chi connectivity index (χ2v) is 5.20. The zero-order valence-corrected chi connectivity index (χ0v) is 11.5. The lowest BCUT2D eigenvalue weighted by Crippen LogP contribution is -2.31. The van der Waals surface area contributed by atoms with E-state index < -0.39 is 0 Å². The number of rotatable bonds is 5. The molecule has 0 saturated carbocycles. The molecule has 2 heterocycles. The van der Waals surface area contributed by atoms with Crippen molar-refractivity contribution in [3.63, 3.8) is 0 Å². The molecule has 0 aromatic carbocycles. The molecule has 0 amide bonds. The molecule has 2 rings (SSSR count). The number of aromatic nitrogens is 1. The highest BCUT2D eigenvalue weighted by Gasteiger charge is 2.12. The molecule has 1 fully saturated rings. The Kier molecular flexibility index (Phi) is 4.55. The topological polar surface area (TPSA) is 45.4 Å². The van der Waals surface area contributed by atoms with Crippen LogP contribution in [0.2, 0.25) is 0 Å². The van der Waals surface area contributed by atoms with Gasteiger partial charge >= 0.3 is 0 Å². The van der Waals surface area contributed by atoms with Gasteiger partial charge in [0.05, 0.1) is 17.6 Å². The smallest absolute Gasteiger partial charge is 0.0569 e. The van der Waals surface area contributed by atoms with Gasteiger partial charge in [0.25, 0.3) is 0 Å². The van der Waals surface area contributed by atoms with E-state index in [1.807, 2.05) is 19.2 Å². The average molecular weight is 248 g/mol. The molecule has 1 aromatic heterocycles. The highest BCUT2D eigenvalue weighted by atomic mass is 15.2. The lowest BCUT2D eigenvalue weighted by molar-refractivity contribution is 0.346. The Morgan fingerprint density at radius 2 is 2.11 bits per heavy atom. The summed E-state index contributed by atoms with van der Waals surface area (Å²) in [6.45, 7) is 6.68. The van der Waals surface area contributed by atoms with E-state index in [1.54, 1.807) is 0 Å². The van der Waals surface area contributed by atoms with Gasteiger partial charge in [-0.2, -0.15) is 0 Å². The van der Waals surface area contributed by atoms with Crippen molar-refractivity contribution in [1.29, 1.82) is 0 Å². The molecule has 0 aliphatic carbocycles. The van der Waals surface area contributed by atoms with Crippen LogP contribution in [0.1, 0.15) is 31.5 Å². The first kappa shape index (κ1) is 13.3. The molecular weight excluding hydrogens is 224 g/mol. The van der Waals surface area contributed by atoms with Crippen LogP contribution in [-0.2, 0) is 0 Å². The highest BCUT2D eigenvalue weighted by Crippen LogP contribution is 2.14. The third-order valence-electron chi connectivity index (χ3n) is 3.63. The van der Waals surface area contributed by atoms with Gasteiger partial charge in [0.2, 0.25) is 0 Å². The van der Waals surface area contributed by atoms with Crippen LogP contribution in [0, 0.1) is 0 Å². The van der Waals surface area contributed by atoms with Crippen molar-refractivity contribution in [2.75, 3.05) is 38.1 Å². The molecule has 18 heavy (non-hydrogen) atoms. The summed E-state index contributed by atoms with van der Waals surface area (Å²) in [7, 11) is 2.12. The molecule has 4 heteroatoms. The second-order valence-electron chi connectivity index (χ2n) is 5.20. The third kappa shape index (κ3) is 3.43. The van der Waals surface area contributed by atoms with Crippen LogP contribution >= 0.6 is 0 Å². The number of pyridine rings is 1. The minimum absolute atomic E-state index is 0.00829. The van der Waals surface area contributed by atoms with Crippen LogP contribution in [0.4, 0.5) is 5.69 Å². The van der Waals surface area contributed by atoms with E-state index in [0.29, 0.717) is 0 Å². The monoisotopic (exact) mass is 248 g/mol. The van der Waals surface area contributed by atoms with Crippen LogP contribution in [0.3, 0.4) is 0 Å². The van der Waals surface area contributed by atoms with E-state index in [-0.39, 0.29) is 6.04 Å². The summed E-state index contributed by atoms with van der Waals surface area (Å²) in [5.74, 6) is 0. The highest BCUT2D eigenvalue weighted by molar-refractivity contribution is 5.43. The minimum Gasteiger partial charge on any atom is -0.372 e. The van der Waals surface area contributed by atoms with Crippen LogP contribution in [0.25, 0.3) is 0 Å². The molecule has 1 aliphatic heterocycles.